The monoisotopic (exact) mass is 1030 g/mol. The van der Waals surface area contributed by atoms with Crippen molar-refractivity contribution in [3.05, 3.63) is 11.6 Å². The maximum Gasteiger partial charge on any atom is 0.187 e. The molecule has 10 fully saturated rings. The fraction of sp³-hybridized carbons (Fsp3) is 0.961. The summed E-state index contributed by atoms with van der Waals surface area (Å²) in [7, 11) is 0. The highest BCUT2D eigenvalue weighted by Crippen LogP contribution is 2.80. The molecule has 6 aliphatic heterocycles. The number of aliphatic hydroxyl groups excluding tert-OH is 11. The normalized spacial score (nSPS) is 56.9. The van der Waals surface area contributed by atoms with Crippen molar-refractivity contribution in [2.75, 3.05) is 33.0 Å². The van der Waals surface area contributed by atoms with E-state index in [2.05, 4.69) is 40.7 Å². The second kappa shape index (κ2) is 19.4. The fourth-order valence-electron chi connectivity index (χ4n) is 16.9. The number of allylic oxidation sites excluding steroid dienone is 1. The van der Waals surface area contributed by atoms with Crippen LogP contribution in [0.5, 0.6) is 0 Å². The number of aliphatic hydroxyl groups is 11. The zero-order valence-electron chi connectivity index (χ0n) is 42.6. The average Bonchev–Trinajstić information content (AvgIpc) is 3.94. The molecule has 72 heavy (non-hydrogen) atoms. The summed E-state index contributed by atoms with van der Waals surface area (Å²) < 4.78 is 64.1. The third kappa shape index (κ3) is 8.36. The lowest BCUT2D eigenvalue weighted by molar-refractivity contribution is -0.380. The lowest BCUT2D eigenvalue weighted by Crippen LogP contribution is -2.68. The van der Waals surface area contributed by atoms with E-state index in [-0.39, 0.29) is 59.2 Å². The van der Waals surface area contributed by atoms with E-state index < -0.39 is 141 Å². The molecule has 10 rings (SSSR count). The van der Waals surface area contributed by atoms with Gasteiger partial charge in [0.05, 0.1) is 50.8 Å². The summed E-state index contributed by atoms with van der Waals surface area (Å²) in [5.74, 6) is -0.585. The molecular formula is C51H82O21. The lowest BCUT2D eigenvalue weighted by Gasteiger charge is -2.70. The molecule has 0 radical (unpaired) electrons. The number of rotatable bonds is 11. The molecule has 21 nitrogen and oxygen atoms in total. The van der Waals surface area contributed by atoms with Gasteiger partial charge in [-0.15, -0.1) is 0 Å². The van der Waals surface area contributed by atoms with Gasteiger partial charge < -0.3 is 104 Å². The summed E-state index contributed by atoms with van der Waals surface area (Å²) in [4.78, 5) is 0. The largest absolute Gasteiger partial charge is 0.394 e. The number of hydrogen-bond acceptors (Lipinski definition) is 21. The average molecular weight is 1030 g/mol. The topological polar surface area (TPSA) is 315 Å². The van der Waals surface area contributed by atoms with E-state index in [0.29, 0.717) is 25.9 Å². The minimum Gasteiger partial charge on any atom is -0.394 e. The highest BCUT2D eigenvalue weighted by molar-refractivity contribution is 5.27. The molecule has 21 heteroatoms. The first-order valence-corrected chi connectivity index (χ1v) is 26.4. The van der Waals surface area contributed by atoms with E-state index in [0.717, 1.165) is 37.7 Å². The van der Waals surface area contributed by atoms with Crippen LogP contribution in [0, 0.1) is 45.3 Å². The first-order valence-electron chi connectivity index (χ1n) is 26.4. The van der Waals surface area contributed by atoms with E-state index in [1.54, 1.807) is 0 Å². The van der Waals surface area contributed by atoms with Gasteiger partial charge in [0.2, 0.25) is 0 Å². The van der Waals surface area contributed by atoms with Crippen molar-refractivity contribution >= 4 is 0 Å². The summed E-state index contributed by atoms with van der Waals surface area (Å²) in [6.07, 6.45) is -17.5. The van der Waals surface area contributed by atoms with Gasteiger partial charge in [-0.25, -0.2) is 0 Å². The predicted molar refractivity (Wildman–Crippen MR) is 245 cm³/mol. The minimum atomic E-state index is -1.82. The summed E-state index contributed by atoms with van der Waals surface area (Å²) in [6.45, 7) is 14.2. The van der Waals surface area contributed by atoms with Crippen LogP contribution >= 0.6 is 0 Å². The molecule has 6 saturated heterocycles. The Morgan fingerprint density at radius 3 is 1.90 bits per heavy atom. The second-order valence-electron chi connectivity index (χ2n) is 24.8. The quantitative estimate of drug-likeness (QED) is 0.0880. The van der Waals surface area contributed by atoms with Gasteiger partial charge in [0.25, 0.3) is 0 Å². The van der Waals surface area contributed by atoms with Gasteiger partial charge in [0, 0.05) is 24.2 Å². The van der Waals surface area contributed by atoms with Gasteiger partial charge in [0.1, 0.15) is 79.4 Å². The van der Waals surface area contributed by atoms with Gasteiger partial charge >= 0.3 is 0 Å². The first-order chi connectivity index (χ1) is 33.9. The Morgan fingerprint density at radius 2 is 1.24 bits per heavy atom. The van der Waals surface area contributed by atoms with E-state index in [9.17, 15) is 56.2 Å². The van der Waals surface area contributed by atoms with Crippen molar-refractivity contribution in [3.63, 3.8) is 0 Å². The van der Waals surface area contributed by atoms with Crippen LogP contribution in [0.2, 0.25) is 0 Å². The third-order valence-corrected chi connectivity index (χ3v) is 20.2. The molecule has 0 aromatic heterocycles. The number of fused-ring (bicyclic) bond motifs is 4. The smallest absolute Gasteiger partial charge is 0.187 e. The van der Waals surface area contributed by atoms with E-state index in [4.69, 9.17) is 47.4 Å². The van der Waals surface area contributed by atoms with E-state index >= 15 is 0 Å². The fourth-order valence-corrected chi connectivity index (χ4v) is 16.9. The third-order valence-electron chi connectivity index (χ3n) is 20.2. The summed E-state index contributed by atoms with van der Waals surface area (Å²) in [6, 6.07) is 0. The SMILES string of the molecule is CC(C)=C[C@H]1C[C@](C)(O[C@@H]2OC[C@H](O)[C@H](O)[C@H]2O)[C@@H]2[C@H]3CC[C@@H]4[C@@]5(C)CC[C@H](O[C@@H]6OC[C@H](O)[C@H](O[C@@H]7O[C@H](CO)[C@@H](O)[C@H](O)[C@H]7O)[C@H]6O[C@@H]6O[C@@H](CO)[C@H](O)[C@H]6O)C(C)(C)[C@@H]5CC[C@@]4(C)[C@@]34CO[C@@]2(C4)O1. The minimum absolute atomic E-state index is 0.152. The molecular weight excluding hydrogens is 949 g/mol. The van der Waals surface area contributed by atoms with Crippen LogP contribution in [0.15, 0.2) is 11.6 Å². The lowest BCUT2D eigenvalue weighted by atomic mass is 9.35. The molecule has 28 atom stereocenters. The summed E-state index contributed by atoms with van der Waals surface area (Å²) in [5, 5.41) is 117. The van der Waals surface area contributed by atoms with Crippen LogP contribution < -0.4 is 0 Å². The van der Waals surface area contributed by atoms with Gasteiger partial charge in [-0.05, 0) is 93.3 Å². The van der Waals surface area contributed by atoms with Crippen LogP contribution in [0.25, 0.3) is 0 Å². The maximum atomic E-state index is 11.5. The van der Waals surface area contributed by atoms with Gasteiger partial charge in [0.15, 0.2) is 30.9 Å². The standard InChI is InChI=1S/C51H82O21/c1-22(2)14-23-15-49(7,72-42-36(60)32(56)25(54)18-63-42)41-24-8-9-30-47(5)12-11-31(46(3,4)29(47)10-13-48(30,6)50(24)20-51(41,71-23)65-21-50)68-45-40(70-43-37(61)34(58)28(17-53)67-43)39(26(55)19-64-45)69-44-38(62)35(59)33(57)27(16-52)66-44/h14,23-45,52-62H,8-13,15-21H2,1-7H3/t23-,24+,25-,26-,27+,28-,29-,30+,31-,32-,33+,34-,35-,36+,37+,38+,39-,40+,41-,42-,43-,44-,45-,47-,48+,49-,50-,51-/m0/s1. The van der Waals surface area contributed by atoms with Crippen LogP contribution in [0.1, 0.15) is 99.8 Å². The second-order valence-corrected chi connectivity index (χ2v) is 24.8. The van der Waals surface area contributed by atoms with Crippen molar-refractivity contribution in [2.45, 2.75) is 228 Å². The molecule has 6 heterocycles. The van der Waals surface area contributed by atoms with Crippen molar-refractivity contribution < 1.29 is 104 Å². The van der Waals surface area contributed by atoms with Crippen LogP contribution in [0.3, 0.4) is 0 Å². The first kappa shape index (κ1) is 54.3. The summed E-state index contributed by atoms with van der Waals surface area (Å²) in [5.41, 5.74) is -0.901. The van der Waals surface area contributed by atoms with Crippen molar-refractivity contribution in [3.8, 4) is 0 Å². The van der Waals surface area contributed by atoms with Gasteiger partial charge in [-0.1, -0.05) is 39.3 Å². The van der Waals surface area contributed by atoms with Gasteiger partial charge in [-0.3, -0.25) is 0 Å². The maximum absolute atomic E-state index is 11.5. The van der Waals surface area contributed by atoms with Crippen LogP contribution in [0.4, 0.5) is 0 Å². The Bertz CT molecular complexity index is 1970. The summed E-state index contributed by atoms with van der Waals surface area (Å²) >= 11 is 0. The Hall–Kier alpha value is -1.10. The van der Waals surface area contributed by atoms with Crippen molar-refractivity contribution in [1.29, 1.82) is 0 Å². The Kier molecular flexibility index (Phi) is 14.6. The van der Waals surface area contributed by atoms with Gasteiger partial charge in [-0.2, -0.15) is 0 Å². The molecule has 2 bridgehead atoms. The molecule has 2 spiro atoms. The molecule has 412 valence electrons. The number of hydrogen-bond donors (Lipinski definition) is 11. The predicted octanol–water partition coefficient (Wildman–Crippen LogP) is -0.931. The zero-order valence-corrected chi connectivity index (χ0v) is 42.6. The molecule has 0 aromatic carbocycles. The highest BCUT2D eigenvalue weighted by atomic mass is 16.8. The highest BCUT2D eigenvalue weighted by Gasteiger charge is 2.81. The molecule has 10 aliphatic rings. The Morgan fingerprint density at radius 1 is 0.625 bits per heavy atom. The molecule has 4 saturated carbocycles. The molecule has 0 aromatic rings. The molecule has 4 aliphatic carbocycles. The molecule has 11 N–H and O–H groups in total. The van der Waals surface area contributed by atoms with Crippen LogP contribution in [-0.2, 0) is 47.4 Å². The van der Waals surface area contributed by atoms with E-state index in [1.807, 2.05) is 13.8 Å². The van der Waals surface area contributed by atoms with Crippen molar-refractivity contribution in [1.82, 2.24) is 0 Å². The molecule has 0 unspecified atom stereocenters. The van der Waals surface area contributed by atoms with Crippen molar-refractivity contribution in [2.24, 2.45) is 45.3 Å². The van der Waals surface area contributed by atoms with E-state index in [1.165, 1.54) is 0 Å². The zero-order chi connectivity index (χ0) is 51.8. The Balaban J connectivity index is 0.910. The van der Waals surface area contributed by atoms with Crippen LogP contribution in [-0.4, -0.2) is 217 Å². The number of ether oxygens (including phenoxy) is 10. The molecule has 0 amide bonds. The Labute approximate surface area is 420 Å².